The summed E-state index contributed by atoms with van der Waals surface area (Å²) in [4.78, 5) is 2.40. The first-order valence-corrected chi connectivity index (χ1v) is 17.4. The highest BCUT2D eigenvalue weighted by Gasteiger charge is 2.35. The van der Waals surface area contributed by atoms with Gasteiger partial charge in [0.15, 0.2) is 0 Å². The first-order chi connectivity index (χ1) is 24.5. The summed E-state index contributed by atoms with van der Waals surface area (Å²) in [5, 5.41) is 2.50. The van der Waals surface area contributed by atoms with Crippen LogP contribution in [-0.2, 0) is 5.41 Å². The maximum Gasteiger partial charge on any atom is 0.0465 e. The lowest BCUT2D eigenvalue weighted by atomic mass is 9.82. The number of nitrogens with zero attached hydrogens (tertiary/aromatic N) is 1. The Bertz CT molecular complexity index is 2470. The Morgan fingerprint density at radius 2 is 0.860 bits per heavy atom. The summed E-state index contributed by atoms with van der Waals surface area (Å²) in [6.07, 6.45) is 0. The molecule has 1 aliphatic rings. The van der Waals surface area contributed by atoms with Gasteiger partial charge in [0, 0.05) is 22.5 Å². The SMILES string of the molecule is CC1(C)c2ccccc2-c2ccc(N(c3ccc(-c4ccccc4)cc3)c3ccc(-c4cc(-c5ccccc5)cc5ccccc45)cc3)cc21. The second kappa shape index (κ2) is 12.1. The van der Waals surface area contributed by atoms with Crippen LogP contribution in [0.1, 0.15) is 25.0 Å². The third kappa shape index (κ3) is 5.11. The van der Waals surface area contributed by atoms with Gasteiger partial charge in [0.05, 0.1) is 0 Å². The molecule has 1 aliphatic carbocycles. The first kappa shape index (κ1) is 29.9. The lowest BCUT2D eigenvalue weighted by molar-refractivity contribution is 0.660. The van der Waals surface area contributed by atoms with Crippen LogP contribution in [-0.4, -0.2) is 0 Å². The van der Waals surface area contributed by atoms with E-state index in [0.29, 0.717) is 0 Å². The van der Waals surface area contributed by atoms with Crippen LogP contribution in [0.3, 0.4) is 0 Å². The second-order valence-electron chi connectivity index (χ2n) is 13.8. The van der Waals surface area contributed by atoms with Crippen molar-refractivity contribution in [2.75, 3.05) is 4.90 Å². The monoisotopic (exact) mass is 639 g/mol. The topological polar surface area (TPSA) is 3.24 Å². The van der Waals surface area contributed by atoms with Gasteiger partial charge in [-0.2, -0.15) is 0 Å². The van der Waals surface area contributed by atoms with Crippen molar-refractivity contribution in [3.05, 3.63) is 199 Å². The zero-order valence-electron chi connectivity index (χ0n) is 28.3. The fourth-order valence-corrected chi connectivity index (χ4v) is 7.85. The van der Waals surface area contributed by atoms with E-state index in [9.17, 15) is 0 Å². The van der Waals surface area contributed by atoms with Crippen LogP contribution in [0.4, 0.5) is 17.1 Å². The molecule has 0 unspecified atom stereocenters. The van der Waals surface area contributed by atoms with Crippen LogP contribution in [0, 0.1) is 0 Å². The van der Waals surface area contributed by atoms with Gasteiger partial charge in [0.25, 0.3) is 0 Å². The number of anilines is 3. The maximum absolute atomic E-state index is 2.41. The molecule has 0 aliphatic heterocycles. The van der Waals surface area contributed by atoms with E-state index in [4.69, 9.17) is 0 Å². The molecule has 0 aromatic heterocycles. The fourth-order valence-electron chi connectivity index (χ4n) is 7.85. The smallest absolute Gasteiger partial charge is 0.0465 e. The molecule has 0 atom stereocenters. The van der Waals surface area contributed by atoms with Gasteiger partial charge in [-0.25, -0.2) is 0 Å². The fraction of sp³-hybridized carbons (Fsp3) is 0.0612. The molecule has 0 saturated carbocycles. The van der Waals surface area contributed by atoms with Gasteiger partial charge in [-0.1, -0.05) is 153 Å². The van der Waals surface area contributed by atoms with Crippen LogP contribution in [0.5, 0.6) is 0 Å². The Morgan fingerprint density at radius 1 is 0.340 bits per heavy atom. The predicted molar refractivity (Wildman–Crippen MR) is 213 cm³/mol. The highest BCUT2D eigenvalue weighted by atomic mass is 15.1. The molecule has 0 amide bonds. The van der Waals surface area contributed by atoms with Crippen molar-refractivity contribution in [2.45, 2.75) is 19.3 Å². The lowest BCUT2D eigenvalue weighted by Gasteiger charge is -2.28. The van der Waals surface area contributed by atoms with Crippen LogP contribution in [0.15, 0.2) is 188 Å². The molecule has 238 valence electrons. The first-order valence-electron chi connectivity index (χ1n) is 17.4. The molecule has 0 N–H and O–H groups in total. The minimum absolute atomic E-state index is 0.0839. The summed E-state index contributed by atoms with van der Waals surface area (Å²) < 4.78 is 0. The third-order valence-electron chi connectivity index (χ3n) is 10.5. The minimum atomic E-state index is -0.0839. The summed E-state index contributed by atoms with van der Waals surface area (Å²) in [6, 6.07) is 68.6. The Labute approximate surface area is 294 Å². The van der Waals surface area contributed by atoms with Gasteiger partial charge < -0.3 is 4.90 Å². The van der Waals surface area contributed by atoms with E-state index < -0.39 is 0 Å². The standard InChI is InChI=1S/C49H37N/c1-49(2)47-20-12-11-19-44(47)45-30-29-42(33-48(45)49)50(40-25-21-36(22-26-40)34-13-5-3-6-14-34)41-27-23-37(24-28-41)46-32-39(35-15-7-4-8-16-35)31-38-17-9-10-18-43(38)46/h3-33H,1-2H3. The van der Waals surface area contributed by atoms with Crippen molar-refractivity contribution in [3.63, 3.8) is 0 Å². The Balaban J connectivity index is 1.16. The van der Waals surface area contributed by atoms with Gasteiger partial charge in [-0.05, 0) is 115 Å². The average Bonchev–Trinajstić information content (AvgIpc) is 3.41. The Kier molecular flexibility index (Phi) is 7.21. The van der Waals surface area contributed by atoms with E-state index in [1.807, 2.05) is 0 Å². The number of rotatable bonds is 6. The molecule has 0 radical (unpaired) electrons. The highest BCUT2D eigenvalue weighted by Crippen LogP contribution is 2.50. The quantitative estimate of drug-likeness (QED) is 0.175. The van der Waals surface area contributed by atoms with E-state index in [0.717, 1.165) is 17.1 Å². The van der Waals surface area contributed by atoms with E-state index in [1.54, 1.807) is 0 Å². The number of benzene rings is 8. The molecule has 8 aromatic rings. The Hall–Kier alpha value is -6.18. The molecule has 1 nitrogen and oxygen atoms in total. The van der Waals surface area contributed by atoms with Crippen molar-refractivity contribution in [1.82, 2.24) is 0 Å². The molecule has 1 heteroatoms. The highest BCUT2D eigenvalue weighted by molar-refractivity contribution is 6.00. The molecule has 0 fully saturated rings. The van der Waals surface area contributed by atoms with Gasteiger partial charge >= 0.3 is 0 Å². The van der Waals surface area contributed by atoms with Crippen molar-refractivity contribution in [3.8, 4) is 44.5 Å². The summed E-state index contributed by atoms with van der Waals surface area (Å²) in [5.74, 6) is 0. The second-order valence-corrected chi connectivity index (χ2v) is 13.8. The molecular weight excluding hydrogens is 603 g/mol. The molecular formula is C49H37N. The molecule has 9 rings (SSSR count). The van der Waals surface area contributed by atoms with Crippen molar-refractivity contribution in [2.24, 2.45) is 0 Å². The van der Waals surface area contributed by atoms with Gasteiger partial charge in [0.1, 0.15) is 0 Å². The molecule has 50 heavy (non-hydrogen) atoms. The van der Waals surface area contributed by atoms with E-state index in [-0.39, 0.29) is 5.41 Å². The van der Waals surface area contributed by atoms with Crippen LogP contribution >= 0.6 is 0 Å². The molecule has 0 bridgehead atoms. The summed E-state index contributed by atoms with van der Waals surface area (Å²) in [7, 11) is 0. The van der Waals surface area contributed by atoms with E-state index in [2.05, 4.69) is 207 Å². The van der Waals surface area contributed by atoms with Crippen molar-refractivity contribution < 1.29 is 0 Å². The largest absolute Gasteiger partial charge is 0.310 e. The van der Waals surface area contributed by atoms with Crippen LogP contribution in [0.25, 0.3) is 55.3 Å². The Morgan fingerprint density at radius 3 is 1.56 bits per heavy atom. The summed E-state index contributed by atoms with van der Waals surface area (Å²) in [5.41, 5.74) is 16.1. The molecule has 8 aromatic carbocycles. The zero-order valence-corrected chi connectivity index (χ0v) is 28.3. The lowest BCUT2D eigenvalue weighted by Crippen LogP contribution is -2.16. The number of hydrogen-bond acceptors (Lipinski definition) is 1. The third-order valence-corrected chi connectivity index (χ3v) is 10.5. The molecule has 0 saturated heterocycles. The van der Waals surface area contributed by atoms with Gasteiger partial charge in [-0.15, -0.1) is 0 Å². The zero-order chi connectivity index (χ0) is 33.7. The van der Waals surface area contributed by atoms with Crippen molar-refractivity contribution >= 4 is 27.8 Å². The molecule has 0 heterocycles. The van der Waals surface area contributed by atoms with Crippen LogP contribution < -0.4 is 4.90 Å². The maximum atomic E-state index is 2.41. The summed E-state index contributed by atoms with van der Waals surface area (Å²) in [6.45, 7) is 4.70. The van der Waals surface area contributed by atoms with Crippen LogP contribution in [0.2, 0.25) is 0 Å². The van der Waals surface area contributed by atoms with Gasteiger partial charge in [-0.3, -0.25) is 0 Å². The summed E-state index contributed by atoms with van der Waals surface area (Å²) >= 11 is 0. The molecule has 0 spiro atoms. The van der Waals surface area contributed by atoms with E-state index in [1.165, 1.54) is 66.4 Å². The van der Waals surface area contributed by atoms with Crippen molar-refractivity contribution in [1.29, 1.82) is 0 Å². The van der Waals surface area contributed by atoms with E-state index >= 15 is 0 Å². The number of hydrogen-bond donors (Lipinski definition) is 0. The minimum Gasteiger partial charge on any atom is -0.310 e. The van der Waals surface area contributed by atoms with Gasteiger partial charge in [0.2, 0.25) is 0 Å². The average molecular weight is 640 g/mol. The predicted octanol–water partition coefficient (Wildman–Crippen LogP) is 13.6. The number of fused-ring (bicyclic) bond motifs is 4. The normalized spacial score (nSPS) is 12.8.